The fraction of sp³-hybridized carbons (Fsp3) is 0.360. The van der Waals surface area contributed by atoms with E-state index in [-0.39, 0.29) is 61.1 Å². The van der Waals surface area contributed by atoms with Crippen molar-refractivity contribution in [2.75, 3.05) is 110 Å². The molecule has 4 aliphatic heterocycles. The lowest BCUT2D eigenvalue weighted by Crippen LogP contribution is -2.48. The first-order valence-electron chi connectivity index (χ1n) is 22.9. The second-order valence-electron chi connectivity index (χ2n) is 17.1. The Balaban J connectivity index is 0.000000212. The quantitative estimate of drug-likeness (QED) is 0.136. The minimum atomic E-state index is -0.466. The Bertz CT molecular complexity index is 2950. The molecule has 72 heavy (non-hydrogen) atoms. The number of hydrogen-bond donors (Lipinski definition) is 3. The molecule has 6 amide bonds. The van der Waals surface area contributed by atoms with E-state index in [1.54, 1.807) is 27.8 Å². The number of nitrogens with one attached hydrogen (secondary N) is 3. The smallest absolute Gasteiger partial charge is 0.328 e. The summed E-state index contributed by atoms with van der Waals surface area (Å²) >= 11 is 0. The number of aldehydes is 2. The van der Waals surface area contributed by atoms with E-state index in [1.165, 1.54) is 28.3 Å². The number of rotatable bonds is 12. The lowest BCUT2D eigenvalue weighted by molar-refractivity contribution is -0.143. The Kier molecular flexibility index (Phi) is 16.7. The summed E-state index contributed by atoms with van der Waals surface area (Å²) in [4.78, 5) is 102. The SMILES string of the molecule is C#CCN(C)c1cc(NC(=O)N2CCCc3cc(CN4CCN(C)CC4=O)c(C=O)nc32)ncc1C#N.C#CCNc1cc(NC(=O)N2CCCc3cc(CN4CCOCC4=O)c(C=O)nc32)ncc1C#N. The number of anilines is 6. The number of carbonyl (C=O) groups excluding carboxylic acids is 6. The van der Waals surface area contributed by atoms with Gasteiger partial charge < -0.3 is 24.8 Å². The first kappa shape index (κ1) is 50.9. The number of ether oxygens (including phenoxy) is 1. The van der Waals surface area contributed by atoms with Gasteiger partial charge in [-0.2, -0.15) is 10.5 Å². The molecular weight excluding hydrogens is 923 g/mol. The molecule has 8 heterocycles. The molecule has 4 aromatic rings. The number of aryl methyl sites for hydroxylation is 2. The second kappa shape index (κ2) is 23.6. The Morgan fingerprint density at radius 2 is 1.35 bits per heavy atom. The van der Waals surface area contributed by atoms with Crippen LogP contribution in [0, 0.1) is 47.3 Å². The number of likely N-dealkylation sites (N-methyl/N-ethyl adjacent to an activating group) is 1. The Morgan fingerprint density at radius 1 is 0.778 bits per heavy atom. The zero-order chi connectivity index (χ0) is 51.3. The van der Waals surface area contributed by atoms with E-state index >= 15 is 0 Å². The van der Waals surface area contributed by atoms with Gasteiger partial charge in [0, 0.05) is 88.5 Å². The van der Waals surface area contributed by atoms with Gasteiger partial charge >= 0.3 is 12.1 Å². The average molecular weight is 974 g/mol. The van der Waals surface area contributed by atoms with Crippen LogP contribution in [-0.4, -0.2) is 151 Å². The van der Waals surface area contributed by atoms with Gasteiger partial charge in [0.25, 0.3) is 0 Å². The van der Waals surface area contributed by atoms with Crippen molar-refractivity contribution in [1.29, 1.82) is 10.5 Å². The van der Waals surface area contributed by atoms with Crippen LogP contribution in [0.3, 0.4) is 0 Å². The van der Waals surface area contributed by atoms with Crippen molar-refractivity contribution >= 4 is 71.1 Å². The lowest BCUT2D eigenvalue weighted by atomic mass is 10.0. The van der Waals surface area contributed by atoms with E-state index in [0.29, 0.717) is 129 Å². The number of morpholine rings is 1. The van der Waals surface area contributed by atoms with Gasteiger partial charge in [-0.05, 0) is 56.0 Å². The van der Waals surface area contributed by atoms with Crippen LogP contribution < -0.4 is 30.7 Å². The summed E-state index contributed by atoms with van der Waals surface area (Å²) in [6.07, 6.45) is 17.5. The number of amides is 6. The van der Waals surface area contributed by atoms with Crippen molar-refractivity contribution in [3.05, 3.63) is 81.4 Å². The molecule has 0 radical (unpaired) electrons. The third-order valence-electron chi connectivity index (χ3n) is 12.2. The highest BCUT2D eigenvalue weighted by Gasteiger charge is 2.30. The van der Waals surface area contributed by atoms with Crippen LogP contribution in [0.5, 0.6) is 0 Å². The molecule has 0 aromatic carbocycles. The maximum Gasteiger partial charge on any atom is 0.328 e. The second-order valence-corrected chi connectivity index (χ2v) is 17.1. The summed E-state index contributed by atoms with van der Waals surface area (Å²) in [5.74, 6) is 6.13. The van der Waals surface area contributed by atoms with Crippen molar-refractivity contribution in [2.45, 2.75) is 38.8 Å². The molecule has 4 aromatic heterocycles. The molecule has 368 valence electrons. The van der Waals surface area contributed by atoms with Gasteiger partial charge in [-0.3, -0.25) is 44.5 Å². The Morgan fingerprint density at radius 3 is 1.88 bits per heavy atom. The third-order valence-corrected chi connectivity index (χ3v) is 12.2. The van der Waals surface area contributed by atoms with E-state index in [2.05, 4.69) is 53.8 Å². The molecule has 8 rings (SSSR count). The molecular formula is C50H51N15O7. The van der Waals surface area contributed by atoms with Crippen molar-refractivity contribution in [2.24, 2.45) is 0 Å². The number of fused-ring (bicyclic) bond motifs is 2. The summed E-state index contributed by atoms with van der Waals surface area (Å²) < 4.78 is 5.16. The van der Waals surface area contributed by atoms with Crippen LogP contribution in [-0.2, 0) is 40.3 Å². The predicted molar refractivity (Wildman–Crippen MR) is 265 cm³/mol. The van der Waals surface area contributed by atoms with E-state index in [4.69, 9.17) is 17.6 Å². The van der Waals surface area contributed by atoms with Gasteiger partial charge in [-0.1, -0.05) is 11.8 Å². The summed E-state index contributed by atoms with van der Waals surface area (Å²) in [5.41, 5.74) is 4.99. The number of nitrogens with zero attached hydrogens (tertiary/aromatic N) is 12. The van der Waals surface area contributed by atoms with E-state index < -0.39 is 12.1 Å². The van der Waals surface area contributed by atoms with Crippen molar-refractivity contribution in [3.63, 3.8) is 0 Å². The van der Waals surface area contributed by atoms with E-state index in [0.717, 1.165) is 17.7 Å². The summed E-state index contributed by atoms with van der Waals surface area (Å²) in [6, 6.07) is 10.0. The van der Waals surface area contributed by atoms with Gasteiger partial charge in [-0.25, -0.2) is 29.5 Å². The number of aromatic nitrogens is 4. The Hall–Kier alpha value is -8.96. The topological polar surface area (TPSA) is 266 Å². The van der Waals surface area contributed by atoms with Gasteiger partial charge in [0.05, 0.1) is 48.7 Å². The normalized spacial score (nSPS) is 15.2. The van der Waals surface area contributed by atoms with Crippen LogP contribution in [0.25, 0.3) is 0 Å². The first-order valence-corrected chi connectivity index (χ1v) is 22.9. The number of carbonyl (C=O) groups is 6. The van der Waals surface area contributed by atoms with Crippen molar-refractivity contribution in [3.8, 4) is 36.8 Å². The highest BCUT2D eigenvalue weighted by atomic mass is 16.5. The highest BCUT2D eigenvalue weighted by molar-refractivity contribution is 6.03. The summed E-state index contributed by atoms with van der Waals surface area (Å²) in [6.45, 7) is 4.46. The highest BCUT2D eigenvalue weighted by Crippen LogP contribution is 2.31. The first-order chi connectivity index (χ1) is 34.9. The molecule has 2 saturated heterocycles. The zero-order valence-electron chi connectivity index (χ0n) is 39.8. The standard InChI is InChI=1S/C26H28N8O3.C24H23N7O4/c1-4-7-32(3)22-12-23(28-14-20(22)13-27)30-26(37)34-8-5-6-18-11-19(21(17-35)29-25(18)34)15-33-10-9-31(2)16-24(33)36;1-2-5-26-19-10-21(27-12-18(19)11-25)29-24(34)31-6-3-4-16-9-17(20(14-32)28-23(16)31)13-30-7-8-35-15-22(30)33/h1,11-12,14,17H,5-10,15-16H2,2-3H3,(H,28,30,37);1,9-10,12,14H,3-8,13,15H2,(H2,26,27,29,34). The number of nitriles is 2. The lowest BCUT2D eigenvalue weighted by Gasteiger charge is -2.33. The van der Waals surface area contributed by atoms with Crippen LogP contribution in [0.1, 0.15) is 67.2 Å². The van der Waals surface area contributed by atoms with Crippen LogP contribution >= 0.6 is 0 Å². The number of terminal acetylenes is 2. The summed E-state index contributed by atoms with van der Waals surface area (Å²) in [7, 11) is 3.65. The third kappa shape index (κ3) is 11.9. The molecule has 3 N–H and O–H groups in total. The Labute approximate surface area is 415 Å². The van der Waals surface area contributed by atoms with Gasteiger partial charge in [0.15, 0.2) is 12.6 Å². The zero-order valence-corrected chi connectivity index (χ0v) is 39.8. The van der Waals surface area contributed by atoms with Crippen LogP contribution in [0.2, 0.25) is 0 Å². The molecule has 0 aliphatic carbocycles. The van der Waals surface area contributed by atoms with Crippen LogP contribution in [0.15, 0.2) is 36.7 Å². The molecule has 4 aliphatic rings. The van der Waals surface area contributed by atoms with Crippen LogP contribution in [0.4, 0.5) is 44.2 Å². The minimum absolute atomic E-state index is 0.00602. The van der Waals surface area contributed by atoms with E-state index in [1.807, 2.05) is 30.1 Å². The largest absolute Gasteiger partial charge is 0.373 e. The predicted octanol–water partition coefficient (Wildman–Crippen LogP) is 3.04. The van der Waals surface area contributed by atoms with Crippen molar-refractivity contribution in [1.82, 2.24) is 34.6 Å². The van der Waals surface area contributed by atoms with Gasteiger partial charge in [0.2, 0.25) is 11.8 Å². The maximum atomic E-state index is 13.2. The summed E-state index contributed by atoms with van der Waals surface area (Å²) in [5, 5.41) is 27.1. The van der Waals surface area contributed by atoms with Crippen molar-refractivity contribution < 1.29 is 33.5 Å². The molecule has 0 saturated carbocycles. The number of pyridine rings is 4. The maximum absolute atomic E-state index is 13.2. The monoisotopic (exact) mass is 973 g/mol. The van der Waals surface area contributed by atoms with Gasteiger partial charge in [0.1, 0.15) is 53.4 Å². The molecule has 0 bridgehead atoms. The number of hydrogen-bond acceptors (Lipinski definition) is 16. The fourth-order valence-electron chi connectivity index (χ4n) is 8.49. The molecule has 22 heteroatoms. The molecule has 0 unspecified atom stereocenters. The number of piperazine rings is 1. The fourth-order valence-corrected chi connectivity index (χ4v) is 8.49. The average Bonchev–Trinajstić information content (AvgIpc) is 3.38. The molecule has 0 spiro atoms. The molecule has 2 fully saturated rings. The molecule has 0 atom stereocenters. The number of urea groups is 2. The minimum Gasteiger partial charge on any atom is -0.373 e. The van der Waals surface area contributed by atoms with E-state index in [9.17, 15) is 39.3 Å². The molecule has 22 nitrogen and oxygen atoms in total. The van der Waals surface area contributed by atoms with Gasteiger partial charge in [-0.15, -0.1) is 12.8 Å².